The van der Waals surface area contributed by atoms with Crippen LogP contribution in [0.5, 0.6) is 0 Å². The van der Waals surface area contributed by atoms with Crippen LogP contribution >= 0.6 is 0 Å². The van der Waals surface area contributed by atoms with E-state index in [1.54, 1.807) is 146 Å². The molecular formula is C45H36AlO6. The van der Waals surface area contributed by atoms with Gasteiger partial charge in [-0.05, 0) is 0 Å². The van der Waals surface area contributed by atoms with E-state index in [1.165, 1.54) is 0 Å². The lowest BCUT2D eigenvalue weighted by atomic mass is 10.0. The van der Waals surface area contributed by atoms with Crippen molar-refractivity contribution < 1.29 is 28.8 Å². The summed E-state index contributed by atoms with van der Waals surface area (Å²) in [6.45, 7) is 0. The molecule has 0 amide bonds. The first kappa shape index (κ1) is 40.3. The molecular weight excluding hydrogens is 663 g/mol. The van der Waals surface area contributed by atoms with E-state index in [0.29, 0.717) is 33.4 Å². The van der Waals surface area contributed by atoms with Crippen molar-refractivity contribution in [3.05, 3.63) is 215 Å². The Hall–Kier alpha value is -6.13. The Labute approximate surface area is 314 Å². The van der Waals surface area contributed by atoms with Crippen LogP contribution in [0.2, 0.25) is 0 Å². The van der Waals surface area contributed by atoms with Gasteiger partial charge in [-0.1, -0.05) is 182 Å². The lowest BCUT2D eigenvalue weighted by molar-refractivity contribution is 0.0878. The second-order valence-electron chi connectivity index (χ2n) is 11.3. The lowest BCUT2D eigenvalue weighted by Gasteiger charge is -2.00. The van der Waals surface area contributed by atoms with Crippen LogP contribution in [-0.2, 0) is 0 Å². The standard InChI is InChI=1S/3C15H12O2.Al/c3*16-14(12-7-3-1-4-8-12)11-15(17)13-9-5-2-6-10-13;/h3*1-10H,11H2;. The van der Waals surface area contributed by atoms with Gasteiger partial charge in [-0.25, -0.2) is 0 Å². The normalized spacial score (nSPS) is 9.69. The second kappa shape index (κ2) is 21.8. The van der Waals surface area contributed by atoms with Crippen molar-refractivity contribution in [3.63, 3.8) is 0 Å². The zero-order valence-electron chi connectivity index (χ0n) is 28.5. The number of Topliss-reactive ketones (excluding diaryl/α,β-unsaturated/α-hetero) is 6. The summed E-state index contributed by atoms with van der Waals surface area (Å²) in [5.41, 5.74) is 3.48. The van der Waals surface area contributed by atoms with Crippen molar-refractivity contribution in [1.82, 2.24) is 0 Å². The molecule has 0 fully saturated rings. The molecule has 0 bridgehead atoms. The number of carbonyl (C=O) groups excluding carboxylic acids is 6. The molecule has 3 radical (unpaired) electrons. The third-order valence-corrected chi connectivity index (χ3v) is 7.54. The molecule has 0 heterocycles. The van der Waals surface area contributed by atoms with E-state index in [2.05, 4.69) is 0 Å². The van der Waals surface area contributed by atoms with Crippen LogP contribution < -0.4 is 0 Å². The minimum atomic E-state index is -0.139. The fraction of sp³-hybridized carbons (Fsp3) is 0.0667. The van der Waals surface area contributed by atoms with E-state index in [4.69, 9.17) is 0 Å². The fourth-order valence-electron chi connectivity index (χ4n) is 4.79. The molecule has 0 aliphatic rings. The first-order valence-electron chi connectivity index (χ1n) is 16.3. The third-order valence-electron chi connectivity index (χ3n) is 7.54. The summed E-state index contributed by atoms with van der Waals surface area (Å²) in [7, 11) is 0. The van der Waals surface area contributed by atoms with Gasteiger partial charge in [0, 0.05) is 50.7 Å². The highest BCUT2D eigenvalue weighted by Gasteiger charge is 2.14. The van der Waals surface area contributed by atoms with Gasteiger partial charge in [0.25, 0.3) is 0 Å². The monoisotopic (exact) mass is 699 g/mol. The number of hydrogen-bond donors (Lipinski definition) is 0. The van der Waals surface area contributed by atoms with Crippen molar-refractivity contribution in [1.29, 1.82) is 0 Å². The average molecular weight is 700 g/mol. The minimum Gasteiger partial charge on any atom is -0.294 e. The van der Waals surface area contributed by atoms with Gasteiger partial charge >= 0.3 is 0 Å². The zero-order valence-corrected chi connectivity index (χ0v) is 29.6. The molecule has 0 aromatic heterocycles. The Bertz CT molecular complexity index is 1640. The molecule has 0 saturated carbocycles. The largest absolute Gasteiger partial charge is 0.294 e. The van der Waals surface area contributed by atoms with E-state index in [0.717, 1.165) is 0 Å². The molecule has 0 N–H and O–H groups in total. The number of benzene rings is 6. The van der Waals surface area contributed by atoms with Crippen LogP contribution in [-0.4, -0.2) is 52.1 Å². The number of rotatable bonds is 12. The van der Waals surface area contributed by atoms with Crippen molar-refractivity contribution in [2.24, 2.45) is 0 Å². The first-order valence-corrected chi connectivity index (χ1v) is 16.3. The van der Waals surface area contributed by atoms with Gasteiger partial charge < -0.3 is 0 Å². The van der Waals surface area contributed by atoms with Crippen molar-refractivity contribution >= 4 is 52.1 Å². The van der Waals surface area contributed by atoms with Crippen molar-refractivity contribution in [3.8, 4) is 0 Å². The molecule has 6 nitrogen and oxygen atoms in total. The van der Waals surface area contributed by atoms with Gasteiger partial charge in [0.1, 0.15) is 0 Å². The van der Waals surface area contributed by atoms with Crippen LogP contribution in [0.1, 0.15) is 81.4 Å². The number of ketones is 6. The van der Waals surface area contributed by atoms with Gasteiger partial charge in [0.15, 0.2) is 34.7 Å². The Morgan fingerprint density at radius 2 is 0.346 bits per heavy atom. The van der Waals surface area contributed by atoms with Gasteiger partial charge in [0.2, 0.25) is 0 Å². The van der Waals surface area contributed by atoms with Crippen LogP contribution in [0.4, 0.5) is 0 Å². The molecule has 52 heavy (non-hydrogen) atoms. The van der Waals surface area contributed by atoms with E-state index in [9.17, 15) is 28.8 Å². The summed E-state index contributed by atoms with van der Waals surface area (Å²) in [6, 6.07) is 53.2. The van der Waals surface area contributed by atoms with Crippen LogP contribution in [0.25, 0.3) is 0 Å². The first-order chi connectivity index (χ1) is 24.8. The predicted molar refractivity (Wildman–Crippen MR) is 204 cm³/mol. The molecule has 255 valence electrons. The summed E-state index contributed by atoms with van der Waals surface area (Å²) in [4.78, 5) is 70.8. The molecule has 0 spiro atoms. The van der Waals surface area contributed by atoms with Crippen LogP contribution in [0.15, 0.2) is 182 Å². The Morgan fingerprint density at radius 3 is 0.462 bits per heavy atom. The summed E-state index contributed by atoms with van der Waals surface area (Å²) >= 11 is 0. The average Bonchev–Trinajstić information content (AvgIpc) is 3.20. The zero-order chi connectivity index (χ0) is 36.3. The van der Waals surface area contributed by atoms with Gasteiger partial charge in [-0.2, -0.15) is 0 Å². The summed E-state index contributed by atoms with van der Waals surface area (Å²) in [5.74, 6) is -0.836. The maximum absolute atomic E-state index is 11.8. The number of hydrogen-bond acceptors (Lipinski definition) is 6. The highest BCUT2D eigenvalue weighted by atomic mass is 27.0. The van der Waals surface area contributed by atoms with E-state index < -0.39 is 0 Å². The van der Waals surface area contributed by atoms with Crippen LogP contribution in [0, 0.1) is 0 Å². The maximum Gasteiger partial charge on any atom is 0.170 e. The molecule has 6 rings (SSSR count). The fourth-order valence-corrected chi connectivity index (χ4v) is 4.79. The SMILES string of the molecule is O=C(CC(=O)c1ccccc1)c1ccccc1.O=C(CC(=O)c1ccccc1)c1ccccc1.O=C(CC(=O)c1ccccc1)c1ccccc1.[Al]. The highest BCUT2D eigenvalue weighted by molar-refractivity contribution is 6.15. The summed E-state index contributed by atoms with van der Waals surface area (Å²) < 4.78 is 0. The van der Waals surface area contributed by atoms with Gasteiger partial charge in [0.05, 0.1) is 19.3 Å². The smallest absolute Gasteiger partial charge is 0.170 e. The van der Waals surface area contributed by atoms with Gasteiger partial charge in [-0.15, -0.1) is 0 Å². The predicted octanol–water partition coefficient (Wildman–Crippen LogP) is 9.05. The van der Waals surface area contributed by atoms with E-state index >= 15 is 0 Å². The topological polar surface area (TPSA) is 102 Å². The quantitative estimate of drug-likeness (QED) is 0.0718. The number of carbonyl (C=O) groups is 6. The van der Waals surface area contributed by atoms with Crippen molar-refractivity contribution in [2.75, 3.05) is 0 Å². The molecule has 6 aromatic carbocycles. The van der Waals surface area contributed by atoms with E-state index in [1.807, 2.05) is 36.4 Å². The lowest BCUT2D eigenvalue weighted by Crippen LogP contribution is -2.08. The summed E-state index contributed by atoms with van der Waals surface area (Å²) in [5, 5.41) is 0. The summed E-state index contributed by atoms with van der Waals surface area (Å²) in [6.07, 6.45) is -0.226. The Kier molecular flexibility index (Phi) is 16.9. The Balaban J connectivity index is 0.000000208. The molecule has 0 aliphatic carbocycles. The van der Waals surface area contributed by atoms with Gasteiger partial charge in [-0.3, -0.25) is 28.8 Å². The molecule has 0 atom stereocenters. The third kappa shape index (κ3) is 13.3. The molecule has 6 aromatic rings. The molecule has 0 unspecified atom stereocenters. The highest BCUT2D eigenvalue weighted by Crippen LogP contribution is 2.11. The van der Waals surface area contributed by atoms with Crippen LogP contribution in [0.3, 0.4) is 0 Å². The molecule has 0 aliphatic heterocycles. The maximum atomic E-state index is 11.8. The Morgan fingerprint density at radius 1 is 0.231 bits per heavy atom. The van der Waals surface area contributed by atoms with E-state index in [-0.39, 0.29) is 71.3 Å². The second-order valence-corrected chi connectivity index (χ2v) is 11.3. The molecule has 7 heteroatoms. The molecule has 0 saturated heterocycles. The minimum absolute atomic E-state index is 0. The van der Waals surface area contributed by atoms with Crippen molar-refractivity contribution in [2.45, 2.75) is 19.3 Å².